The van der Waals surface area contributed by atoms with E-state index in [9.17, 15) is 9.18 Å². The summed E-state index contributed by atoms with van der Waals surface area (Å²) in [6, 6.07) is 3.99. The average molecular weight is 266 g/mol. The summed E-state index contributed by atoms with van der Waals surface area (Å²) >= 11 is 0. The number of hydrogen-bond donors (Lipinski definition) is 1. The van der Waals surface area contributed by atoms with Gasteiger partial charge in [0.05, 0.1) is 0 Å². The van der Waals surface area contributed by atoms with Crippen LogP contribution in [0.4, 0.5) is 10.1 Å². The molecule has 0 aliphatic heterocycles. The van der Waals surface area contributed by atoms with Crippen molar-refractivity contribution < 1.29 is 9.18 Å². The zero-order valence-corrected chi connectivity index (χ0v) is 11.9. The highest BCUT2D eigenvalue weighted by Crippen LogP contribution is 2.16. The third-order valence-electron chi connectivity index (χ3n) is 3.47. The van der Waals surface area contributed by atoms with E-state index in [-0.39, 0.29) is 11.6 Å². The lowest BCUT2D eigenvalue weighted by molar-refractivity contribution is 0.0734. The molecule has 0 fully saturated rings. The molecule has 0 heterocycles. The highest BCUT2D eigenvalue weighted by molar-refractivity contribution is 5.95. The summed E-state index contributed by atoms with van der Waals surface area (Å²) < 4.78 is 13.3. The van der Waals surface area contributed by atoms with E-state index in [0.29, 0.717) is 24.6 Å². The van der Waals surface area contributed by atoms with Gasteiger partial charge in [-0.1, -0.05) is 26.7 Å². The van der Waals surface area contributed by atoms with Crippen LogP contribution in [0.3, 0.4) is 0 Å². The lowest BCUT2D eigenvalue weighted by Gasteiger charge is -2.25. The summed E-state index contributed by atoms with van der Waals surface area (Å²) in [4.78, 5) is 14.1. The number of carbonyl (C=O) groups is 1. The van der Waals surface area contributed by atoms with Crippen LogP contribution in [-0.2, 0) is 0 Å². The number of benzene rings is 1. The highest BCUT2D eigenvalue weighted by atomic mass is 19.1. The fourth-order valence-corrected chi connectivity index (χ4v) is 2.13. The van der Waals surface area contributed by atoms with Crippen molar-refractivity contribution in [1.82, 2.24) is 4.90 Å². The number of rotatable bonds is 6. The van der Waals surface area contributed by atoms with Gasteiger partial charge < -0.3 is 10.6 Å². The highest BCUT2D eigenvalue weighted by Gasteiger charge is 2.18. The van der Waals surface area contributed by atoms with Gasteiger partial charge in [-0.15, -0.1) is 0 Å². The molecule has 106 valence electrons. The van der Waals surface area contributed by atoms with Crippen LogP contribution in [0.2, 0.25) is 0 Å². The number of carbonyl (C=O) groups excluding carboxylic acids is 1. The SMILES string of the molecule is CCC(CC)CN(CC)C(=O)c1cc(N)cc(F)c1. The lowest BCUT2D eigenvalue weighted by Crippen LogP contribution is -2.35. The Morgan fingerprint density at radius 3 is 2.37 bits per heavy atom. The van der Waals surface area contributed by atoms with Crippen LogP contribution < -0.4 is 5.73 Å². The first-order valence-corrected chi connectivity index (χ1v) is 6.87. The normalized spacial score (nSPS) is 10.8. The molecule has 0 unspecified atom stereocenters. The van der Waals surface area contributed by atoms with Gasteiger partial charge >= 0.3 is 0 Å². The largest absolute Gasteiger partial charge is 0.399 e. The molecule has 0 bridgehead atoms. The van der Waals surface area contributed by atoms with E-state index in [2.05, 4.69) is 13.8 Å². The first-order chi connectivity index (χ1) is 9.01. The number of hydrogen-bond acceptors (Lipinski definition) is 2. The number of halogens is 1. The summed E-state index contributed by atoms with van der Waals surface area (Å²) in [5.74, 6) is -0.141. The van der Waals surface area contributed by atoms with Crippen LogP contribution in [0.15, 0.2) is 18.2 Å². The van der Waals surface area contributed by atoms with Crippen LogP contribution >= 0.6 is 0 Å². The van der Waals surface area contributed by atoms with Crippen molar-refractivity contribution in [3.63, 3.8) is 0 Å². The molecule has 2 N–H and O–H groups in total. The molecule has 1 amide bonds. The molecule has 19 heavy (non-hydrogen) atoms. The van der Waals surface area contributed by atoms with E-state index in [1.165, 1.54) is 18.2 Å². The zero-order chi connectivity index (χ0) is 14.4. The first kappa shape index (κ1) is 15.5. The number of amides is 1. The Morgan fingerprint density at radius 1 is 1.26 bits per heavy atom. The molecule has 4 heteroatoms. The fraction of sp³-hybridized carbons (Fsp3) is 0.533. The van der Waals surface area contributed by atoms with Crippen molar-refractivity contribution in [3.05, 3.63) is 29.6 Å². The second-order valence-electron chi connectivity index (χ2n) is 4.80. The molecule has 0 spiro atoms. The van der Waals surface area contributed by atoms with Gasteiger partial charge in [0.15, 0.2) is 0 Å². The van der Waals surface area contributed by atoms with Gasteiger partial charge in [0.2, 0.25) is 0 Å². The maximum absolute atomic E-state index is 13.3. The minimum atomic E-state index is -0.470. The van der Waals surface area contributed by atoms with E-state index in [1.807, 2.05) is 6.92 Å². The molecule has 0 aromatic heterocycles. The number of nitrogens with zero attached hydrogens (tertiary/aromatic N) is 1. The standard InChI is InChI=1S/C15H23FN2O/c1-4-11(5-2)10-18(6-3)15(19)12-7-13(16)9-14(17)8-12/h7-9,11H,4-6,10,17H2,1-3H3. The van der Waals surface area contributed by atoms with E-state index < -0.39 is 5.82 Å². The van der Waals surface area contributed by atoms with Crippen molar-refractivity contribution in [2.24, 2.45) is 5.92 Å². The second kappa shape index (κ2) is 7.12. The van der Waals surface area contributed by atoms with Crippen molar-refractivity contribution in [2.75, 3.05) is 18.8 Å². The van der Waals surface area contributed by atoms with Crippen molar-refractivity contribution in [2.45, 2.75) is 33.6 Å². The second-order valence-corrected chi connectivity index (χ2v) is 4.80. The molecule has 3 nitrogen and oxygen atoms in total. The summed E-state index contributed by atoms with van der Waals surface area (Å²) in [7, 11) is 0. The van der Waals surface area contributed by atoms with Gasteiger partial charge in [0, 0.05) is 24.3 Å². The lowest BCUT2D eigenvalue weighted by atomic mass is 10.0. The molecule has 0 aliphatic rings. The molecular formula is C15H23FN2O. The quantitative estimate of drug-likeness (QED) is 0.803. The summed E-state index contributed by atoms with van der Waals surface area (Å²) in [5.41, 5.74) is 6.19. The molecule has 1 rings (SSSR count). The van der Waals surface area contributed by atoms with Gasteiger partial charge in [-0.25, -0.2) is 4.39 Å². The Kier molecular flexibility index (Phi) is 5.80. The van der Waals surface area contributed by atoms with E-state index in [4.69, 9.17) is 5.73 Å². The maximum atomic E-state index is 13.3. The third-order valence-corrected chi connectivity index (χ3v) is 3.47. The summed E-state index contributed by atoms with van der Waals surface area (Å²) in [6.45, 7) is 7.49. The first-order valence-electron chi connectivity index (χ1n) is 6.87. The average Bonchev–Trinajstić information content (AvgIpc) is 2.38. The van der Waals surface area contributed by atoms with Crippen molar-refractivity contribution >= 4 is 11.6 Å². The van der Waals surface area contributed by atoms with Gasteiger partial charge in [0.25, 0.3) is 5.91 Å². The predicted molar refractivity (Wildman–Crippen MR) is 76.5 cm³/mol. The Balaban J connectivity index is 2.88. The van der Waals surface area contributed by atoms with Gasteiger partial charge in [-0.2, -0.15) is 0 Å². The number of anilines is 1. The molecular weight excluding hydrogens is 243 g/mol. The molecule has 1 aromatic carbocycles. The van der Waals surface area contributed by atoms with Crippen LogP contribution in [0.25, 0.3) is 0 Å². The Hall–Kier alpha value is -1.58. The van der Waals surface area contributed by atoms with Crippen molar-refractivity contribution in [3.8, 4) is 0 Å². The Morgan fingerprint density at radius 2 is 1.89 bits per heavy atom. The van der Waals surface area contributed by atoms with Crippen LogP contribution in [-0.4, -0.2) is 23.9 Å². The molecule has 0 aliphatic carbocycles. The molecule has 0 saturated heterocycles. The predicted octanol–water partition coefficient (Wildman–Crippen LogP) is 3.31. The van der Waals surface area contributed by atoms with Gasteiger partial charge in [0.1, 0.15) is 5.82 Å². The summed E-state index contributed by atoms with van der Waals surface area (Å²) in [6.07, 6.45) is 2.07. The summed E-state index contributed by atoms with van der Waals surface area (Å²) in [5, 5.41) is 0. The number of nitrogen functional groups attached to an aromatic ring is 1. The Labute approximate surface area is 114 Å². The van der Waals surface area contributed by atoms with Crippen LogP contribution in [0, 0.1) is 11.7 Å². The smallest absolute Gasteiger partial charge is 0.254 e. The topological polar surface area (TPSA) is 46.3 Å². The molecule has 0 radical (unpaired) electrons. The van der Waals surface area contributed by atoms with Crippen LogP contribution in [0.1, 0.15) is 44.0 Å². The minimum absolute atomic E-state index is 0.152. The van der Waals surface area contributed by atoms with Gasteiger partial charge in [-0.3, -0.25) is 4.79 Å². The Bertz CT molecular complexity index is 410. The van der Waals surface area contributed by atoms with Crippen molar-refractivity contribution in [1.29, 1.82) is 0 Å². The third kappa shape index (κ3) is 4.23. The van der Waals surface area contributed by atoms with Crippen LogP contribution in [0.5, 0.6) is 0 Å². The monoisotopic (exact) mass is 266 g/mol. The van der Waals surface area contributed by atoms with E-state index >= 15 is 0 Å². The fourth-order valence-electron chi connectivity index (χ4n) is 2.13. The molecule has 1 aromatic rings. The maximum Gasteiger partial charge on any atom is 0.254 e. The number of nitrogens with two attached hydrogens (primary N) is 1. The van der Waals surface area contributed by atoms with Gasteiger partial charge in [-0.05, 0) is 31.0 Å². The minimum Gasteiger partial charge on any atom is -0.399 e. The molecule has 0 saturated carbocycles. The molecule has 0 atom stereocenters. The zero-order valence-electron chi connectivity index (χ0n) is 11.9. The van der Waals surface area contributed by atoms with E-state index in [0.717, 1.165) is 12.8 Å². The van der Waals surface area contributed by atoms with E-state index in [1.54, 1.807) is 4.90 Å².